The van der Waals surface area contributed by atoms with Crippen LogP contribution in [0.4, 0.5) is 5.82 Å². The van der Waals surface area contributed by atoms with Gasteiger partial charge in [-0.2, -0.15) is 0 Å². The van der Waals surface area contributed by atoms with E-state index in [-0.39, 0.29) is 4.90 Å². The first-order valence-electron chi connectivity index (χ1n) is 5.73. The Labute approximate surface area is 112 Å². The molecule has 0 aliphatic rings. The lowest BCUT2D eigenvalue weighted by Gasteiger charge is -2.06. The molecule has 1 aromatic carbocycles. The van der Waals surface area contributed by atoms with Crippen molar-refractivity contribution in [3.05, 3.63) is 53.7 Å². The minimum absolute atomic E-state index is 0.115. The van der Waals surface area contributed by atoms with E-state index >= 15 is 0 Å². The number of anilines is 1. The molecule has 0 aliphatic heterocycles. The van der Waals surface area contributed by atoms with Crippen molar-refractivity contribution in [3.8, 4) is 0 Å². The summed E-state index contributed by atoms with van der Waals surface area (Å²) in [5, 5.41) is 8.19. The summed E-state index contributed by atoms with van der Waals surface area (Å²) in [6.07, 6.45) is 1.78. The minimum Gasteiger partial charge on any atom is -0.366 e. The van der Waals surface area contributed by atoms with Gasteiger partial charge in [-0.25, -0.2) is 18.5 Å². The second-order valence-corrected chi connectivity index (χ2v) is 5.82. The highest BCUT2D eigenvalue weighted by atomic mass is 32.2. The second-order valence-electron chi connectivity index (χ2n) is 4.26. The average molecular weight is 277 g/mol. The Morgan fingerprint density at radius 2 is 1.84 bits per heavy atom. The van der Waals surface area contributed by atoms with Gasteiger partial charge in [0, 0.05) is 12.7 Å². The number of aromatic nitrogens is 1. The van der Waals surface area contributed by atoms with Crippen LogP contribution in [0.1, 0.15) is 11.1 Å². The van der Waals surface area contributed by atoms with E-state index in [1.54, 1.807) is 18.3 Å². The molecular weight excluding hydrogens is 262 g/mol. The van der Waals surface area contributed by atoms with Crippen LogP contribution >= 0.6 is 0 Å². The zero-order chi connectivity index (χ0) is 13.9. The first-order chi connectivity index (χ1) is 8.95. The smallest absolute Gasteiger partial charge is 0.238 e. The molecule has 1 heterocycles. The Balaban J connectivity index is 2.02. The van der Waals surface area contributed by atoms with Gasteiger partial charge in [0.25, 0.3) is 0 Å². The van der Waals surface area contributed by atoms with E-state index in [2.05, 4.69) is 10.3 Å². The molecule has 0 amide bonds. The van der Waals surface area contributed by atoms with Crippen molar-refractivity contribution in [2.24, 2.45) is 5.14 Å². The van der Waals surface area contributed by atoms with Crippen molar-refractivity contribution >= 4 is 15.8 Å². The molecule has 2 rings (SSSR count). The van der Waals surface area contributed by atoms with Crippen molar-refractivity contribution in [2.75, 3.05) is 5.32 Å². The predicted octanol–water partition coefficient (Wildman–Crippen LogP) is 1.65. The lowest BCUT2D eigenvalue weighted by Crippen LogP contribution is -2.12. The van der Waals surface area contributed by atoms with Gasteiger partial charge in [0.15, 0.2) is 0 Å². The topological polar surface area (TPSA) is 85.1 Å². The van der Waals surface area contributed by atoms with E-state index in [0.717, 1.165) is 16.9 Å². The largest absolute Gasteiger partial charge is 0.366 e. The van der Waals surface area contributed by atoms with E-state index in [9.17, 15) is 8.42 Å². The van der Waals surface area contributed by atoms with Gasteiger partial charge in [0.05, 0.1) is 4.90 Å². The molecule has 0 aliphatic carbocycles. The number of nitrogens with zero attached hydrogens (tertiary/aromatic N) is 1. The first-order valence-corrected chi connectivity index (χ1v) is 7.28. The van der Waals surface area contributed by atoms with Crippen LogP contribution in [-0.4, -0.2) is 13.4 Å². The Bertz CT molecular complexity index is 649. The summed E-state index contributed by atoms with van der Waals surface area (Å²) in [4.78, 5) is 4.34. The molecule has 0 atom stereocenters. The maximum absolute atomic E-state index is 11.1. The molecule has 19 heavy (non-hydrogen) atoms. The van der Waals surface area contributed by atoms with Gasteiger partial charge in [-0.3, -0.25) is 0 Å². The third-order valence-corrected chi connectivity index (χ3v) is 3.57. The number of aryl methyl sites for hydroxylation is 1. The first kappa shape index (κ1) is 13.5. The molecule has 5 nitrogen and oxygen atoms in total. The molecule has 6 heteroatoms. The van der Waals surface area contributed by atoms with Crippen LogP contribution in [0.3, 0.4) is 0 Å². The number of hydrogen-bond acceptors (Lipinski definition) is 4. The average Bonchev–Trinajstić information content (AvgIpc) is 2.37. The summed E-state index contributed by atoms with van der Waals surface area (Å²) in [5.41, 5.74) is 2.05. The van der Waals surface area contributed by atoms with Gasteiger partial charge < -0.3 is 5.32 Å². The fourth-order valence-electron chi connectivity index (χ4n) is 1.56. The van der Waals surface area contributed by atoms with E-state index in [0.29, 0.717) is 6.54 Å². The Morgan fingerprint density at radius 1 is 1.16 bits per heavy atom. The highest BCUT2D eigenvalue weighted by molar-refractivity contribution is 7.89. The molecule has 0 spiro atoms. The predicted molar refractivity (Wildman–Crippen MR) is 74.1 cm³/mol. The van der Waals surface area contributed by atoms with Gasteiger partial charge in [0.1, 0.15) is 5.82 Å². The summed E-state index contributed by atoms with van der Waals surface area (Å²) in [5.74, 6) is 0.779. The van der Waals surface area contributed by atoms with Gasteiger partial charge in [-0.05, 0) is 36.2 Å². The van der Waals surface area contributed by atoms with Crippen LogP contribution in [0, 0.1) is 6.92 Å². The fraction of sp³-hybridized carbons (Fsp3) is 0.154. The molecular formula is C13H15N3O2S. The normalized spacial score (nSPS) is 11.3. The Morgan fingerprint density at radius 3 is 2.37 bits per heavy atom. The maximum atomic E-state index is 11.1. The van der Waals surface area contributed by atoms with Crippen LogP contribution in [-0.2, 0) is 16.6 Å². The van der Waals surface area contributed by atoms with E-state index < -0.39 is 10.0 Å². The molecule has 3 N–H and O–H groups in total. The number of primary sulfonamides is 1. The number of rotatable bonds is 4. The fourth-order valence-corrected chi connectivity index (χ4v) is 2.08. The van der Waals surface area contributed by atoms with Crippen molar-refractivity contribution in [3.63, 3.8) is 0 Å². The van der Waals surface area contributed by atoms with Crippen molar-refractivity contribution in [1.29, 1.82) is 0 Å². The standard InChI is InChI=1S/C13H15N3O2S/c1-10-2-7-13(15-8-10)16-9-11-3-5-12(6-4-11)19(14,17)18/h2-8H,9H2,1H3,(H,15,16)(H2,14,17,18). The van der Waals surface area contributed by atoms with Crippen molar-refractivity contribution in [2.45, 2.75) is 18.4 Å². The quantitative estimate of drug-likeness (QED) is 0.889. The molecule has 0 radical (unpaired) electrons. The molecule has 0 fully saturated rings. The number of pyridine rings is 1. The van der Waals surface area contributed by atoms with E-state index in [1.807, 2.05) is 19.1 Å². The highest BCUT2D eigenvalue weighted by Gasteiger charge is 2.06. The number of nitrogens with one attached hydrogen (secondary N) is 1. The van der Waals surface area contributed by atoms with Crippen LogP contribution in [0.5, 0.6) is 0 Å². The third kappa shape index (κ3) is 3.77. The number of benzene rings is 1. The molecule has 0 saturated carbocycles. The zero-order valence-corrected chi connectivity index (χ0v) is 11.3. The van der Waals surface area contributed by atoms with Crippen LogP contribution in [0.2, 0.25) is 0 Å². The summed E-state index contributed by atoms with van der Waals surface area (Å²) < 4.78 is 22.2. The summed E-state index contributed by atoms with van der Waals surface area (Å²) in [7, 11) is -3.62. The molecule has 0 bridgehead atoms. The van der Waals surface area contributed by atoms with E-state index in [1.165, 1.54) is 12.1 Å². The Kier molecular flexibility index (Phi) is 3.82. The van der Waals surface area contributed by atoms with Crippen molar-refractivity contribution < 1.29 is 8.42 Å². The molecule has 100 valence electrons. The molecule has 0 unspecified atom stereocenters. The monoisotopic (exact) mass is 277 g/mol. The van der Waals surface area contributed by atoms with E-state index in [4.69, 9.17) is 5.14 Å². The van der Waals surface area contributed by atoms with Crippen LogP contribution in [0.15, 0.2) is 47.5 Å². The summed E-state index contributed by atoms with van der Waals surface area (Å²) in [6, 6.07) is 10.3. The summed E-state index contributed by atoms with van der Waals surface area (Å²) in [6.45, 7) is 2.55. The zero-order valence-electron chi connectivity index (χ0n) is 10.5. The van der Waals surface area contributed by atoms with Gasteiger partial charge in [0.2, 0.25) is 10.0 Å². The second kappa shape index (κ2) is 5.38. The van der Waals surface area contributed by atoms with Crippen LogP contribution in [0.25, 0.3) is 0 Å². The molecule has 2 aromatic rings. The van der Waals surface area contributed by atoms with Crippen molar-refractivity contribution in [1.82, 2.24) is 4.98 Å². The number of sulfonamides is 1. The van der Waals surface area contributed by atoms with Gasteiger partial charge in [-0.1, -0.05) is 18.2 Å². The molecule has 1 aromatic heterocycles. The lowest BCUT2D eigenvalue weighted by molar-refractivity contribution is 0.598. The minimum atomic E-state index is -3.62. The third-order valence-electron chi connectivity index (χ3n) is 2.64. The summed E-state index contributed by atoms with van der Waals surface area (Å²) >= 11 is 0. The van der Waals surface area contributed by atoms with Gasteiger partial charge in [-0.15, -0.1) is 0 Å². The number of nitrogens with two attached hydrogens (primary N) is 1. The number of hydrogen-bond donors (Lipinski definition) is 2. The van der Waals surface area contributed by atoms with Crippen LogP contribution < -0.4 is 10.5 Å². The SMILES string of the molecule is Cc1ccc(NCc2ccc(S(N)(=O)=O)cc2)nc1. The maximum Gasteiger partial charge on any atom is 0.238 e. The lowest BCUT2D eigenvalue weighted by atomic mass is 10.2. The Hall–Kier alpha value is -1.92. The molecule has 0 saturated heterocycles. The highest BCUT2D eigenvalue weighted by Crippen LogP contribution is 2.11. The van der Waals surface area contributed by atoms with Gasteiger partial charge >= 0.3 is 0 Å².